The highest BCUT2D eigenvalue weighted by Crippen LogP contribution is 2.06. The Morgan fingerprint density at radius 2 is 1.92 bits per heavy atom. The lowest BCUT2D eigenvalue weighted by molar-refractivity contribution is 0.158. The third-order valence-electron chi connectivity index (χ3n) is 1.96. The van der Waals surface area contributed by atoms with Crippen molar-refractivity contribution >= 4 is 0 Å². The van der Waals surface area contributed by atoms with Crippen molar-refractivity contribution in [2.24, 2.45) is 5.73 Å². The first kappa shape index (κ1) is 10.2. The van der Waals surface area contributed by atoms with Crippen LogP contribution in [0.4, 0.5) is 0 Å². The molecule has 3 N–H and O–H groups in total. The molecule has 0 aliphatic heterocycles. The predicted octanol–water partition coefficient (Wildman–Crippen LogP) is 1.33. The van der Waals surface area contributed by atoms with E-state index in [4.69, 9.17) is 5.73 Å². The van der Waals surface area contributed by atoms with E-state index in [1.165, 1.54) is 0 Å². The maximum Gasteiger partial charge on any atom is 0.0595 e. The Labute approximate surface area is 79.4 Å². The van der Waals surface area contributed by atoms with E-state index in [9.17, 15) is 5.11 Å². The third-order valence-corrected chi connectivity index (χ3v) is 1.96. The van der Waals surface area contributed by atoms with Gasteiger partial charge in [0.05, 0.1) is 6.10 Å². The quantitative estimate of drug-likeness (QED) is 0.732. The number of benzene rings is 1. The largest absolute Gasteiger partial charge is 0.393 e. The van der Waals surface area contributed by atoms with Crippen LogP contribution < -0.4 is 5.73 Å². The average molecular weight is 179 g/mol. The molecule has 0 amide bonds. The average Bonchev–Trinajstić information content (AvgIpc) is 2.04. The monoisotopic (exact) mass is 179 g/mol. The van der Waals surface area contributed by atoms with Crippen LogP contribution in [0, 0.1) is 0 Å². The summed E-state index contributed by atoms with van der Waals surface area (Å²) in [6.07, 6.45) is 1.04. The predicted molar refractivity (Wildman–Crippen MR) is 54.4 cm³/mol. The lowest BCUT2D eigenvalue weighted by Crippen LogP contribution is -2.24. The van der Waals surface area contributed by atoms with Crippen LogP contribution in [0.3, 0.4) is 0 Å². The summed E-state index contributed by atoms with van der Waals surface area (Å²) in [7, 11) is 0. The summed E-state index contributed by atoms with van der Waals surface area (Å²) in [6.45, 7) is 1.91. The summed E-state index contributed by atoms with van der Waals surface area (Å²) in [6, 6.07) is 10.0. The Balaban J connectivity index is 2.41. The van der Waals surface area contributed by atoms with Gasteiger partial charge in [0.1, 0.15) is 0 Å². The van der Waals surface area contributed by atoms with E-state index in [1.807, 2.05) is 37.3 Å². The number of hydrogen-bond acceptors (Lipinski definition) is 2. The molecule has 0 radical (unpaired) electrons. The molecule has 0 fully saturated rings. The van der Waals surface area contributed by atoms with E-state index < -0.39 is 0 Å². The Bertz CT molecular complexity index is 233. The van der Waals surface area contributed by atoms with Crippen LogP contribution in [-0.2, 0) is 6.42 Å². The number of aliphatic hydroxyl groups is 1. The van der Waals surface area contributed by atoms with Gasteiger partial charge in [-0.25, -0.2) is 0 Å². The summed E-state index contributed by atoms with van der Waals surface area (Å²) < 4.78 is 0. The molecular weight excluding hydrogens is 162 g/mol. The molecule has 1 aromatic rings. The van der Waals surface area contributed by atoms with E-state index in [-0.39, 0.29) is 12.1 Å². The first-order chi connectivity index (χ1) is 6.18. The molecule has 0 saturated heterocycles. The third kappa shape index (κ3) is 4.06. The minimum Gasteiger partial charge on any atom is -0.393 e. The van der Waals surface area contributed by atoms with E-state index in [0.717, 1.165) is 5.56 Å². The maximum atomic E-state index is 9.59. The van der Waals surface area contributed by atoms with Crippen molar-refractivity contribution in [3.05, 3.63) is 35.9 Å². The second-order valence-electron chi connectivity index (χ2n) is 3.56. The van der Waals surface area contributed by atoms with Crippen LogP contribution in [0.25, 0.3) is 0 Å². The zero-order chi connectivity index (χ0) is 9.68. The second-order valence-corrected chi connectivity index (χ2v) is 3.56. The van der Waals surface area contributed by atoms with Gasteiger partial charge in [-0.05, 0) is 25.3 Å². The van der Waals surface area contributed by atoms with Gasteiger partial charge in [-0.15, -0.1) is 0 Å². The number of aliphatic hydroxyl groups excluding tert-OH is 1. The van der Waals surface area contributed by atoms with Crippen molar-refractivity contribution in [3.63, 3.8) is 0 Å². The van der Waals surface area contributed by atoms with Gasteiger partial charge in [-0.2, -0.15) is 0 Å². The number of rotatable bonds is 4. The fourth-order valence-corrected chi connectivity index (χ4v) is 1.40. The molecule has 0 aromatic heterocycles. The van der Waals surface area contributed by atoms with Crippen LogP contribution in [0.5, 0.6) is 0 Å². The lowest BCUT2D eigenvalue weighted by atomic mass is 10.0. The Morgan fingerprint density at radius 1 is 1.31 bits per heavy atom. The topological polar surface area (TPSA) is 46.2 Å². The summed E-state index contributed by atoms with van der Waals surface area (Å²) in [5.41, 5.74) is 6.75. The molecule has 72 valence electrons. The molecular formula is C11H17NO. The minimum absolute atomic E-state index is 0.0683. The fourth-order valence-electron chi connectivity index (χ4n) is 1.40. The van der Waals surface area contributed by atoms with E-state index in [2.05, 4.69) is 0 Å². The molecule has 0 bridgehead atoms. The molecule has 0 aliphatic rings. The molecule has 13 heavy (non-hydrogen) atoms. The van der Waals surface area contributed by atoms with Crippen molar-refractivity contribution in [2.75, 3.05) is 0 Å². The molecule has 2 nitrogen and oxygen atoms in total. The van der Waals surface area contributed by atoms with Gasteiger partial charge in [0, 0.05) is 6.04 Å². The van der Waals surface area contributed by atoms with Gasteiger partial charge < -0.3 is 10.8 Å². The van der Waals surface area contributed by atoms with Crippen LogP contribution in [0.1, 0.15) is 18.9 Å². The minimum atomic E-state index is -0.317. The van der Waals surface area contributed by atoms with E-state index >= 15 is 0 Å². The summed E-state index contributed by atoms with van der Waals surface area (Å²) in [4.78, 5) is 0. The Kier molecular flexibility index (Phi) is 3.93. The molecule has 0 unspecified atom stereocenters. The van der Waals surface area contributed by atoms with Crippen LogP contribution in [-0.4, -0.2) is 17.3 Å². The summed E-state index contributed by atoms with van der Waals surface area (Å²) in [5, 5.41) is 9.59. The standard InChI is InChI=1S/C11H17NO/c1-9(12)7-11(13)8-10-5-3-2-4-6-10/h2-6,9,11,13H,7-8,12H2,1H3/t9-,11-/m1/s1. The molecule has 1 aromatic carbocycles. The van der Waals surface area contributed by atoms with Gasteiger partial charge in [0.25, 0.3) is 0 Å². The van der Waals surface area contributed by atoms with Crippen LogP contribution >= 0.6 is 0 Å². The maximum absolute atomic E-state index is 9.59. The highest BCUT2D eigenvalue weighted by atomic mass is 16.3. The summed E-state index contributed by atoms with van der Waals surface area (Å²) in [5.74, 6) is 0. The van der Waals surface area contributed by atoms with Gasteiger partial charge in [-0.3, -0.25) is 0 Å². The molecule has 0 heterocycles. The van der Waals surface area contributed by atoms with E-state index in [0.29, 0.717) is 12.8 Å². The molecule has 2 atom stereocenters. The zero-order valence-corrected chi connectivity index (χ0v) is 7.98. The van der Waals surface area contributed by atoms with E-state index in [1.54, 1.807) is 0 Å². The number of hydrogen-bond donors (Lipinski definition) is 2. The second kappa shape index (κ2) is 5.00. The van der Waals surface area contributed by atoms with Crippen molar-refractivity contribution < 1.29 is 5.11 Å². The molecule has 0 saturated carbocycles. The van der Waals surface area contributed by atoms with Gasteiger partial charge in [0.2, 0.25) is 0 Å². The number of nitrogens with two attached hydrogens (primary N) is 1. The van der Waals surface area contributed by atoms with Gasteiger partial charge in [0.15, 0.2) is 0 Å². The Morgan fingerprint density at radius 3 is 2.46 bits per heavy atom. The van der Waals surface area contributed by atoms with Crippen LogP contribution in [0.2, 0.25) is 0 Å². The molecule has 0 aliphatic carbocycles. The van der Waals surface area contributed by atoms with Gasteiger partial charge in [-0.1, -0.05) is 30.3 Å². The van der Waals surface area contributed by atoms with Crippen molar-refractivity contribution in [1.82, 2.24) is 0 Å². The SMILES string of the molecule is C[C@@H](N)C[C@@H](O)Cc1ccccc1. The van der Waals surface area contributed by atoms with Crippen LogP contribution in [0.15, 0.2) is 30.3 Å². The fraction of sp³-hybridized carbons (Fsp3) is 0.455. The zero-order valence-electron chi connectivity index (χ0n) is 7.98. The van der Waals surface area contributed by atoms with Crippen molar-refractivity contribution in [3.8, 4) is 0 Å². The first-order valence-electron chi connectivity index (χ1n) is 4.66. The lowest BCUT2D eigenvalue weighted by Gasteiger charge is -2.12. The molecule has 1 rings (SSSR count). The first-order valence-corrected chi connectivity index (χ1v) is 4.66. The molecule has 2 heteroatoms. The Hall–Kier alpha value is -0.860. The smallest absolute Gasteiger partial charge is 0.0595 e. The normalized spacial score (nSPS) is 15.3. The summed E-state index contributed by atoms with van der Waals surface area (Å²) >= 11 is 0. The molecule has 0 spiro atoms. The highest BCUT2D eigenvalue weighted by Gasteiger charge is 2.07. The van der Waals surface area contributed by atoms with Crippen molar-refractivity contribution in [2.45, 2.75) is 31.9 Å². The van der Waals surface area contributed by atoms with Crippen molar-refractivity contribution in [1.29, 1.82) is 0 Å². The van der Waals surface area contributed by atoms with Gasteiger partial charge >= 0.3 is 0 Å². The highest BCUT2D eigenvalue weighted by molar-refractivity contribution is 5.15.